The molecule has 0 aromatic heterocycles. The van der Waals surface area contributed by atoms with Crippen LogP contribution in [-0.2, 0) is 4.74 Å². The van der Waals surface area contributed by atoms with Gasteiger partial charge < -0.3 is 4.74 Å². The van der Waals surface area contributed by atoms with Gasteiger partial charge in [-0.1, -0.05) is 5.92 Å². The van der Waals surface area contributed by atoms with Crippen LogP contribution in [0.4, 0.5) is 0 Å². The molecule has 0 bridgehead atoms. The van der Waals surface area contributed by atoms with E-state index in [0.717, 1.165) is 19.4 Å². The Hall–Kier alpha value is -0.480. The predicted octanol–water partition coefficient (Wildman–Crippen LogP) is 1.97. The van der Waals surface area contributed by atoms with E-state index < -0.39 is 0 Å². The molecular formula is C9H14O. The molecule has 0 unspecified atom stereocenters. The van der Waals surface area contributed by atoms with E-state index in [1.807, 2.05) is 6.92 Å². The zero-order valence-corrected chi connectivity index (χ0v) is 6.52. The average Bonchev–Trinajstić information content (AvgIpc) is 2.39. The van der Waals surface area contributed by atoms with Crippen LogP contribution in [-0.4, -0.2) is 12.2 Å². The van der Waals surface area contributed by atoms with Crippen molar-refractivity contribution in [2.24, 2.45) is 0 Å². The van der Waals surface area contributed by atoms with E-state index in [1.54, 1.807) is 0 Å². The largest absolute Gasteiger partial charge is 0.363 e. The Kier molecular flexibility index (Phi) is 2.34. The summed E-state index contributed by atoms with van der Waals surface area (Å²) in [5, 5.41) is 0. The lowest BCUT2D eigenvalue weighted by atomic mass is 10.0. The third kappa shape index (κ3) is 1.33. The molecule has 1 nitrogen and oxygen atoms in total. The summed E-state index contributed by atoms with van der Waals surface area (Å²) in [6.45, 7) is 2.74. The minimum Gasteiger partial charge on any atom is -0.363 e. The molecule has 1 aliphatic carbocycles. The third-order valence-electron chi connectivity index (χ3n) is 2.09. The van der Waals surface area contributed by atoms with Crippen molar-refractivity contribution in [3.8, 4) is 12.3 Å². The van der Waals surface area contributed by atoms with E-state index in [-0.39, 0.29) is 5.60 Å². The molecule has 0 N–H and O–H groups in total. The van der Waals surface area contributed by atoms with Crippen LogP contribution < -0.4 is 0 Å². The van der Waals surface area contributed by atoms with Gasteiger partial charge in [0.05, 0.1) is 0 Å². The lowest BCUT2D eigenvalue weighted by Gasteiger charge is -2.21. The molecule has 0 aliphatic heterocycles. The van der Waals surface area contributed by atoms with Crippen molar-refractivity contribution in [2.45, 2.75) is 38.2 Å². The fourth-order valence-electron chi connectivity index (χ4n) is 1.55. The van der Waals surface area contributed by atoms with Crippen LogP contribution in [0.1, 0.15) is 32.6 Å². The first kappa shape index (κ1) is 7.63. The van der Waals surface area contributed by atoms with Gasteiger partial charge in [-0.2, -0.15) is 0 Å². The monoisotopic (exact) mass is 138 g/mol. The Labute approximate surface area is 62.8 Å². The van der Waals surface area contributed by atoms with Gasteiger partial charge in [0.25, 0.3) is 0 Å². The molecule has 1 heteroatoms. The highest BCUT2D eigenvalue weighted by Crippen LogP contribution is 2.32. The first-order valence-corrected chi connectivity index (χ1v) is 3.95. The number of hydrogen-bond acceptors (Lipinski definition) is 1. The molecule has 0 amide bonds. The maximum absolute atomic E-state index is 5.50. The van der Waals surface area contributed by atoms with Crippen LogP contribution in [0.3, 0.4) is 0 Å². The van der Waals surface area contributed by atoms with Crippen molar-refractivity contribution >= 4 is 0 Å². The lowest BCUT2D eigenvalue weighted by molar-refractivity contribution is 0.0128. The average molecular weight is 138 g/mol. The summed E-state index contributed by atoms with van der Waals surface area (Å²) < 4.78 is 5.50. The van der Waals surface area contributed by atoms with Gasteiger partial charge >= 0.3 is 0 Å². The highest BCUT2D eigenvalue weighted by molar-refractivity contribution is 5.10. The maximum Gasteiger partial charge on any atom is 0.128 e. The molecule has 0 saturated heterocycles. The number of terminal acetylenes is 1. The van der Waals surface area contributed by atoms with Crippen molar-refractivity contribution < 1.29 is 4.74 Å². The van der Waals surface area contributed by atoms with Crippen molar-refractivity contribution in [2.75, 3.05) is 6.61 Å². The summed E-state index contributed by atoms with van der Waals surface area (Å²) in [6.07, 6.45) is 9.94. The summed E-state index contributed by atoms with van der Waals surface area (Å²) in [7, 11) is 0. The first-order chi connectivity index (χ1) is 4.83. The van der Waals surface area contributed by atoms with E-state index in [2.05, 4.69) is 5.92 Å². The van der Waals surface area contributed by atoms with E-state index in [9.17, 15) is 0 Å². The van der Waals surface area contributed by atoms with Crippen LogP contribution in [0.25, 0.3) is 0 Å². The SMILES string of the molecule is C#CC1(OCC)CCCC1. The Morgan fingerprint density at radius 2 is 2.10 bits per heavy atom. The van der Waals surface area contributed by atoms with Gasteiger partial charge in [0.15, 0.2) is 0 Å². The van der Waals surface area contributed by atoms with Crippen molar-refractivity contribution in [3.63, 3.8) is 0 Å². The second-order valence-corrected chi connectivity index (χ2v) is 2.78. The zero-order valence-electron chi connectivity index (χ0n) is 6.52. The molecule has 0 aromatic rings. The molecule has 1 rings (SSSR count). The van der Waals surface area contributed by atoms with Crippen LogP contribution in [0.15, 0.2) is 0 Å². The van der Waals surface area contributed by atoms with Crippen molar-refractivity contribution in [3.05, 3.63) is 0 Å². The first-order valence-electron chi connectivity index (χ1n) is 3.95. The summed E-state index contributed by atoms with van der Waals surface area (Å²) in [4.78, 5) is 0. The summed E-state index contributed by atoms with van der Waals surface area (Å²) in [5.74, 6) is 2.76. The lowest BCUT2D eigenvalue weighted by Crippen LogP contribution is -2.26. The Bertz CT molecular complexity index is 137. The van der Waals surface area contributed by atoms with E-state index in [0.29, 0.717) is 0 Å². The van der Waals surface area contributed by atoms with Crippen LogP contribution in [0, 0.1) is 12.3 Å². The fourth-order valence-corrected chi connectivity index (χ4v) is 1.55. The molecule has 10 heavy (non-hydrogen) atoms. The van der Waals surface area contributed by atoms with Gasteiger partial charge in [0.1, 0.15) is 5.60 Å². The predicted molar refractivity (Wildman–Crippen MR) is 41.7 cm³/mol. The van der Waals surface area contributed by atoms with Gasteiger partial charge in [0.2, 0.25) is 0 Å². The summed E-state index contributed by atoms with van der Waals surface area (Å²) in [5.41, 5.74) is -0.186. The van der Waals surface area contributed by atoms with Crippen molar-refractivity contribution in [1.82, 2.24) is 0 Å². The van der Waals surface area contributed by atoms with Crippen LogP contribution in [0.5, 0.6) is 0 Å². The Balaban J connectivity index is 2.51. The smallest absolute Gasteiger partial charge is 0.128 e. The zero-order chi connectivity index (χ0) is 7.45. The molecular weight excluding hydrogens is 124 g/mol. The number of hydrogen-bond donors (Lipinski definition) is 0. The van der Waals surface area contributed by atoms with Crippen molar-refractivity contribution in [1.29, 1.82) is 0 Å². The Morgan fingerprint density at radius 1 is 1.50 bits per heavy atom. The van der Waals surface area contributed by atoms with E-state index >= 15 is 0 Å². The molecule has 1 aliphatic rings. The second kappa shape index (κ2) is 3.07. The third-order valence-corrected chi connectivity index (χ3v) is 2.09. The van der Waals surface area contributed by atoms with Crippen LogP contribution >= 0.6 is 0 Å². The fraction of sp³-hybridized carbons (Fsp3) is 0.778. The highest BCUT2D eigenvalue weighted by atomic mass is 16.5. The molecule has 0 heterocycles. The van der Waals surface area contributed by atoms with Gasteiger partial charge in [-0.05, 0) is 32.6 Å². The summed E-state index contributed by atoms with van der Waals surface area (Å²) in [6, 6.07) is 0. The molecule has 0 aromatic carbocycles. The molecule has 1 fully saturated rings. The molecule has 0 radical (unpaired) electrons. The van der Waals surface area contributed by atoms with E-state index in [1.165, 1.54) is 12.8 Å². The van der Waals surface area contributed by atoms with Gasteiger partial charge in [0, 0.05) is 6.61 Å². The summed E-state index contributed by atoms with van der Waals surface area (Å²) >= 11 is 0. The second-order valence-electron chi connectivity index (χ2n) is 2.78. The standard InChI is InChI=1S/C9H14O/c1-3-9(10-4-2)7-5-6-8-9/h1H,4-8H2,2H3. The van der Waals surface area contributed by atoms with Gasteiger partial charge in [-0.25, -0.2) is 0 Å². The van der Waals surface area contributed by atoms with Gasteiger partial charge in [-0.15, -0.1) is 6.42 Å². The molecule has 0 atom stereocenters. The molecule has 1 saturated carbocycles. The quantitative estimate of drug-likeness (QED) is 0.530. The highest BCUT2D eigenvalue weighted by Gasteiger charge is 2.31. The minimum absolute atomic E-state index is 0.186. The minimum atomic E-state index is -0.186. The molecule has 56 valence electrons. The topological polar surface area (TPSA) is 9.23 Å². The Morgan fingerprint density at radius 3 is 2.50 bits per heavy atom. The van der Waals surface area contributed by atoms with Crippen LogP contribution in [0.2, 0.25) is 0 Å². The maximum atomic E-state index is 5.50. The van der Waals surface area contributed by atoms with Gasteiger partial charge in [-0.3, -0.25) is 0 Å². The molecule has 0 spiro atoms. The van der Waals surface area contributed by atoms with E-state index in [4.69, 9.17) is 11.2 Å². The number of ether oxygens (including phenoxy) is 1. The number of rotatable bonds is 2. The normalized spacial score (nSPS) is 22.4.